The van der Waals surface area contributed by atoms with Crippen LogP contribution in [0.3, 0.4) is 0 Å². The lowest BCUT2D eigenvalue weighted by Gasteiger charge is -2.19. The molecule has 3 rings (SSSR count). The Bertz CT molecular complexity index is 1400. The number of benzene rings is 1. The van der Waals surface area contributed by atoms with Crippen LogP contribution in [0.2, 0.25) is 0 Å². The molecular weight excluding hydrogens is 585 g/mol. The van der Waals surface area contributed by atoms with Gasteiger partial charge in [-0.2, -0.15) is 4.98 Å². The standard InChI is InChI=1S/C26H29F2N2O11P/c1-15(2)39-25(31)35-13-37-42(33,38-14-36-26(32)40-16(3)4)12-19-20(27)10-17(11-21(19)28)41-22-8-9-29-24-18(22)6-7-23(30-24)34-5/h6-11,15-16H,12-14H2,1-5H3. The number of halogens is 2. The first-order valence-electron chi connectivity index (χ1n) is 12.4. The highest BCUT2D eigenvalue weighted by Crippen LogP contribution is 2.52. The van der Waals surface area contributed by atoms with E-state index in [0.717, 1.165) is 12.1 Å². The number of nitrogens with zero attached hydrogens (tertiary/aromatic N) is 2. The van der Waals surface area contributed by atoms with Gasteiger partial charge < -0.3 is 28.4 Å². The highest BCUT2D eigenvalue weighted by atomic mass is 31.2. The Morgan fingerprint density at radius 1 is 0.905 bits per heavy atom. The van der Waals surface area contributed by atoms with Crippen LogP contribution in [0.4, 0.5) is 18.4 Å². The maximum atomic E-state index is 15.1. The molecule has 16 heteroatoms. The summed E-state index contributed by atoms with van der Waals surface area (Å²) in [6.07, 6.45) is -2.91. The molecule has 1 aromatic carbocycles. The number of rotatable bonds is 13. The van der Waals surface area contributed by atoms with E-state index in [1.165, 1.54) is 19.4 Å². The van der Waals surface area contributed by atoms with E-state index in [0.29, 0.717) is 11.3 Å². The molecule has 0 fully saturated rings. The van der Waals surface area contributed by atoms with Crippen molar-refractivity contribution in [2.75, 3.05) is 20.7 Å². The molecule has 0 radical (unpaired) electrons. The number of carbonyl (C=O) groups is 2. The monoisotopic (exact) mass is 614 g/mol. The van der Waals surface area contributed by atoms with Crippen LogP contribution in [0.15, 0.2) is 36.5 Å². The van der Waals surface area contributed by atoms with Crippen LogP contribution in [-0.2, 0) is 38.7 Å². The van der Waals surface area contributed by atoms with Gasteiger partial charge in [-0.25, -0.2) is 23.4 Å². The number of pyridine rings is 2. The Balaban J connectivity index is 1.79. The number of methoxy groups -OCH3 is 1. The van der Waals surface area contributed by atoms with Gasteiger partial charge in [0.1, 0.15) is 23.1 Å². The minimum Gasteiger partial charge on any atom is -0.481 e. The maximum Gasteiger partial charge on any atom is 0.510 e. The second kappa shape index (κ2) is 14.7. The van der Waals surface area contributed by atoms with Gasteiger partial charge in [-0.1, -0.05) is 0 Å². The van der Waals surface area contributed by atoms with Gasteiger partial charge in [-0.15, -0.1) is 0 Å². The molecule has 0 unspecified atom stereocenters. The lowest BCUT2D eigenvalue weighted by Crippen LogP contribution is -2.17. The fourth-order valence-corrected chi connectivity index (χ4v) is 4.56. The van der Waals surface area contributed by atoms with E-state index in [2.05, 4.69) is 19.4 Å². The SMILES string of the molecule is COc1ccc2c(Oc3cc(F)c(CP(=O)(OCOC(=O)OC(C)C)OCOC(=O)OC(C)C)c(F)c3)ccnc2n1. The zero-order chi connectivity index (χ0) is 30.9. The van der Waals surface area contributed by atoms with Gasteiger partial charge in [0.05, 0.1) is 30.9 Å². The third kappa shape index (κ3) is 9.50. The second-order valence-corrected chi connectivity index (χ2v) is 10.9. The summed E-state index contributed by atoms with van der Waals surface area (Å²) in [6.45, 7) is 4.33. The van der Waals surface area contributed by atoms with E-state index in [1.807, 2.05) is 0 Å². The van der Waals surface area contributed by atoms with Gasteiger partial charge in [0.15, 0.2) is 5.65 Å². The molecule has 0 aliphatic rings. The molecule has 0 aliphatic carbocycles. The van der Waals surface area contributed by atoms with Crippen LogP contribution in [0, 0.1) is 11.6 Å². The fraction of sp³-hybridized carbons (Fsp3) is 0.385. The number of ether oxygens (including phenoxy) is 6. The van der Waals surface area contributed by atoms with Gasteiger partial charge in [0.2, 0.25) is 19.5 Å². The summed E-state index contributed by atoms with van der Waals surface area (Å²) in [5.41, 5.74) is -0.426. The van der Waals surface area contributed by atoms with Crippen molar-refractivity contribution in [2.24, 2.45) is 0 Å². The van der Waals surface area contributed by atoms with Crippen molar-refractivity contribution in [1.29, 1.82) is 0 Å². The third-order valence-electron chi connectivity index (χ3n) is 4.96. The summed E-state index contributed by atoms with van der Waals surface area (Å²) in [6, 6.07) is 6.38. The van der Waals surface area contributed by atoms with Crippen molar-refractivity contribution in [3.63, 3.8) is 0 Å². The quantitative estimate of drug-likeness (QED) is 0.118. The second-order valence-electron chi connectivity index (χ2n) is 8.89. The molecule has 0 amide bonds. The number of hydrogen-bond donors (Lipinski definition) is 0. The maximum absolute atomic E-state index is 15.1. The summed E-state index contributed by atoms with van der Waals surface area (Å²) in [5.74, 6) is -2.03. The molecule has 3 aromatic rings. The highest BCUT2D eigenvalue weighted by molar-refractivity contribution is 7.53. The van der Waals surface area contributed by atoms with E-state index in [4.69, 9.17) is 28.0 Å². The molecule has 13 nitrogen and oxygen atoms in total. The summed E-state index contributed by atoms with van der Waals surface area (Å²) in [5, 5.41) is 0.446. The van der Waals surface area contributed by atoms with Gasteiger partial charge in [0, 0.05) is 30.0 Å². The third-order valence-corrected chi connectivity index (χ3v) is 6.66. The van der Waals surface area contributed by atoms with Gasteiger partial charge in [-0.05, 0) is 39.8 Å². The minimum atomic E-state index is -4.51. The van der Waals surface area contributed by atoms with Crippen molar-refractivity contribution in [2.45, 2.75) is 46.1 Å². The van der Waals surface area contributed by atoms with Crippen molar-refractivity contribution < 1.29 is 60.4 Å². The van der Waals surface area contributed by atoms with Gasteiger partial charge in [0.25, 0.3) is 0 Å². The molecule has 2 heterocycles. The molecule has 228 valence electrons. The summed E-state index contributed by atoms with van der Waals surface area (Å²) >= 11 is 0. The topological polar surface area (TPSA) is 151 Å². The lowest BCUT2D eigenvalue weighted by atomic mass is 10.2. The van der Waals surface area contributed by atoms with E-state index >= 15 is 8.78 Å². The molecule has 0 aliphatic heterocycles. The molecule has 0 atom stereocenters. The first kappa shape index (κ1) is 32.4. The van der Waals surface area contributed by atoms with Crippen molar-refractivity contribution in [3.8, 4) is 17.4 Å². The number of fused-ring (bicyclic) bond motifs is 1. The van der Waals surface area contributed by atoms with E-state index in [1.54, 1.807) is 39.8 Å². The molecule has 0 spiro atoms. The fourth-order valence-electron chi connectivity index (χ4n) is 3.19. The predicted molar refractivity (Wildman–Crippen MR) is 141 cm³/mol. The minimum absolute atomic E-state index is 0.204. The van der Waals surface area contributed by atoms with Crippen LogP contribution in [0.5, 0.6) is 17.4 Å². The zero-order valence-electron chi connectivity index (χ0n) is 23.3. The van der Waals surface area contributed by atoms with Crippen molar-refractivity contribution >= 4 is 30.9 Å². The van der Waals surface area contributed by atoms with E-state index in [9.17, 15) is 14.2 Å². The molecule has 0 saturated heterocycles. The molecule has 0 saturated carbocycles. The lowest BCUT2D eigenvalue weighted by molar-refractivity contribution is -0.0305. The molecule has 0 bridgehead atoms. The van der Waals surface area contributed by atoms with Crippen LogP contribution in [0.25, 0.3) is 11.0 Å². The van der Waals surface area contributed by atoms with E-state index in [-0.39, 0.29) is 17.1 Å². The summed E-state index contributed by atoms with van der Waals surface area (Å²) in [4.78, 5) is 31.6. The average molecular weight is 614 g/mol. The Labute approximate surface area is 239 Å². The van der Waals surface area contributed by atoms with Crippen LogP contribution in [-0.4, -0.2) is 55.2 Å². The first-order chi connectivity index (χ1) is 19.9. The Kier molecular flexibility index (Phi) is 11.4. The van der Waals surface area contributed by atoms with Crippen LogP contribution < -0.4 is 9.47 Å². The number of hydrogen-bond acceptors (Lipinski definition) is 13. The average Bonchev–Trinajstić information content (AvgIpc) is 2.90. The smallest absolute Gasteiger partial charge is 0.481 e. The largest absolute Gasteiger partial charge is 0.510 e. The first-order valence-corrected chi connectivity index (χ1v) is 14.1. The Hall–Kier alpha value is -4.07. The zero-order valence-corrected chi connectivity index (χ0v) is 24.2. The summed E-state index contributed by atoms with van der Waals surface area (Å²) in [7, 11) is -3.07. The van der Waals surface area contributed by atoms with E-state index < -0.39 is 69.1 Å². The predicted octanol–water partition coefficient (Wildman–Crippen LogP) is 6.47. The van der Waals surface area contributed by atoms with Crippen molar-refractivity contribution in [1.82, 2.24) is 9.97 Å². The molecule has 0 N–H and O–H groups in total. The van der Waals surface area contributed by atoms with Crippen LogP contribution in [0.1, 0.15) is 33.3 Å². The normalized spacial score (nSPS) is 11.5. The van der Waals surface area contributed by atoms with Gasteiger partial charge >= 0.3 is 19.9 Å². The number of carbonyl (C=O) groups excluding carboxylic acids is 2. The Morgan fingerprint density at radius 2 is 1.48 bits per heavy atom. The highest BCUT2D eigenvalue weighted by Gasteiger charge is 2.31. The molecular formula is C26H29F2N2O11P. The van der Waals surface area contributed by atoms with Crippen LogP contribution >= 0.6 is 7.60 Å². The summed E-state index contributed by atoms with van der Waals surface area (Å²) < 4.78 is 83.4. The van der Waals surface area contributed by atoms with Gasteiger partial charge in [-0.3, -0.25) is 13.6 Å². The molecule has 42 heavy (non-hydrogen) atoms. The molecule has 2 aromatic heterocycles. The number of aromatic nitrogens is 2. The Morgan fingerprint density at radius 3 is 2.00 bits per heavy atom. The van der Waals surface area contributed by atoms with Crippen molar-refractivity contribution in [3.05, 3.63) is 53.7 Å².